The quantitative estimate of drug-likeness (QED) is 0.275. The van der Waals surface area contributed by atoms with Crippen LogP contribution in [-0.4, -0.2) is 21.6 Å². The largest absolute Gasteiger partial charge is 0.416 e. The Bertz CT molecular complexity index is 1480. The number of nitrogens with zero attached hydrogens (tertiary/aromatic N) is 2. The van der Waals surface area contributed by atoms with E-state index in [1.807, 2.05) is 18.2 Å². The third kappa shape index (κ3) is 4.57. The summed E-state index contributed by atoms with van der Waals surface area (Å²) in [5.74, 6) is -3.82. The summed E-state index contributed by atoms with van der Waals surface area (Å²) in [5.41, 5.74) is 1.21. The molecule has 188 valence electrons. The maximum atomic E-state index is 13.7. The molecule has 0 fully saturated rings. The monoisotopic (exact) mass is 508 g/mol. The van der Waals surface area contributed by atoms with E-state index in [9.17, 15) is 27.2 Å². The van der Waals surface area contributed by atoms with Crippen LogP contribution in [0.4, 0.5) is 29.1 Å². The predicted molar refractivity (Wildman–Crippen MR) is 129 cm³/mol. The van der Waals surface area contributed by atoms with E-state index in [4.69, 9.17) is 0 Å². The van der Waals surface area contributed by atoms with Crippen LogP contribution in [0.15, 0.2) is 78.9 Å². The van der Waals surface area contributed by atoms with Gasteiger partial charge in [0.2, 0.25) is 11.8 Å². The van der Waals surface area contributed by atoms with Crippen LogP contribution in [0.3, 0.4) is 0 Å². The number of aromatic nitrogens is 2. The zero-order valence-corrected chi connectivity index (χ0v) is 19.4. The van der Waals surface area contributed by atoms with E-state index >= 15 is 0 Å². The van der Waals surface area contributed by atoms with Crippen LogP contribution in [0.5, 0.6) is 0 Å². The molecule has 1 aromatic heterocycles. The van der Waals surface area contributed by atoms with Gasteiger partial charge in [0.1, 0.15) is 17.6 Å². The molecule has 5 rings (SSSR count). The Kier molecular flexibility index (Phi) is 6.02. The van der Waals surface area contributed by atoms with Crippen molar-refractivity contribution in [1.82, 2.24) is 9.78 Å². The minimum Gasteiger partial charge on any atom is -0.325 e. The van der Waals surface area contributed by atoms with Gasteiger partial charge in [-0.25, -0.2) is 9.07 Å². The number of carbonyl (C=O) groups is 2. The van der Waals surface area contributed by atoms with E-state index in [2.05, 4.69) is 15.7 Å². The SMILES string of the molecule is Cc1nn(-c2ccccc2)c2c1[C@H](c1ccc(F)cc1)[C@H](C(=O)Nc1cccc(C(F)(F)F)c1)C(=O)N2. The fourth-order valence-corrected chi connectivity index (χ4v) is 4.59. The fourth-order valence-electron chi connectivity index (χ4n) is 4.59. The first-order valence-electron chi connectivity index (χ1n) is 11.3. The number of halogens is 4. The Morgan fingerprint density at radius 1 is 1.00 bits per heavy atom. The van der Waals surface area contributed by atoms with Gasteiger partial charge < -0.3 is 10.6 Å². The number of rotatable bonds is 4. The number of alkyl halides is 3. The molecule has 0 bridgehead atoms. The van der Waals surface area contributed by atoms with Crippen molar-refractivity contribution >= 4 is 23.3 Å². The molecule has 0 radical (unpaired) electrons. The molecule has 2 atom stereocenters. The standard InChI is InChI=1S/C27H20F4N4O2/c1-15-21-22(16-10-12-18(28)13-11-16)23(25(36)32-19-7-5-6-17(14-19)27(29,30)31)26(37)33-24(21)35(34-15)20-8-3-2-4-9-20/h2-14,22-23H,1H3,(H,32,36)(H,33,37)/t22-,23+/m0/s1. The van der Waals surface area contributed by atoms with E-state index in [0.717, 1.165) is 12.1 Å². The van der Waals surface area contributed by atoms with Crippen LogP contribution < -0.4 is 10.6 Å². The normalized spacial score (nSPS) is 17.2. The third-order valence-electron chi connectivity index (χ3n) is 6.24. The molecule has 0 aliphatic carbocycles. The van der Waals surface area contributed by atoms with Crippen molar-refractivity contribution in [1.29, 1.82) is 0 Å². The highest BCUT2D eigenvalue weighted by molar-refractivity contribution is 6.13. The van der Waals surface area contributed by atoms with E-state index in [0.29, 0.717) is 28.3 Å². The Labute approximate surface area is 208 Å². The molecule has 0 unspecified atom stereocenters. The lowest BCUT2D eigenvalue weighted by Crippen LogP contribution is -2.42. The molecule has 4 aromatic rings. The van der Waals surface area contributed by atoms with Crippen molar-refractivity contribution in [2.75, 3.05) is 10.6 Å². The summed E-state index contributed by atoms with van der Waals surface area (Å²) < 4.78 is 54.8. The first-order chi connectivity index (χ1) is 17.6. The van der Waals surface area contributed by atoms with Crippen molar-refractivity contribution in [3.05, 3.63) is 107 Å². The van der Waals surface area contributed by atoms with Gasteiger partial charge in [0.25, 0.3) is 0 Å². The van der Waals surface area contributed by atoms with Crippen molar-refractivity contribution in [3.63, 3.8) is 0 Å². The highest BCUT2D eigenvalue weighted by Crippen LogP contribution is 2.44. The zero-order valence-electron chi connectivity index (χ0n) is 19.4. The lowest BCUT2D eigenvalue weighted by atomic mass is 9.77. The topological polar surface area (TPSA) is 76.0 Å². The van der Waals surface area contributed by atoms with Crippen LogP contribution in [0.1, 0.15) is 28.3 Å². The van der Waals surface area contributed by atoms with Gasteiger partial charge >= 0.3 is 6.18 Å². The van der Waals surface area contributed by atoms with Crippen molar-refractivity contribution in [2.24, 2.45) is 5.92 Å². The summed E-state index contributed by atoms with van der Waals surface area (Å²) in [6, 6.07) is 18.6. The number of amides is 2. The molecule has 37 heavy (non-hydrogen) atoms. The van der Waals surface area contributed by atoms with Gasteiger partial charge in [-0.05, 0) is 55.0 Å². The first kappa shape index (κ1) is 24.2. The van der Waals surface area contributed by atoms with Crippen molar-refractivity contribution in [2.45, 2.75) is 19.0 Å². The van der Waals surface area contributed by atoms with Crippen LogP contribution in [-0.2, 0) is 15.8 Å². The molecule has 2 heterocycles. The average Bonchev–Trinajstić information content (AvgIpc) is 3.19. The fraction of sp³-hybridized carbons (Fsp3) is 0.148. The summed E-state index contributed by atoms with van der Waals surface area (Å²) in [4.78, 5) is 26.8. The number of aryl methyl sites for hydroxylation is 1. The second-order valence-corrected chi connectivity index (χ2v) is 8.66. The van der Waals surface area contributed by atoms with Crippen LogP contribution in [0, 0.1) is 18.7 Å². The number of para-hydroxylation sites is 1. The van der Waals surface area contributed by atoms with Gasteiger partial charge in [0.15, 0.2) is 0 Å². The summed E-state index contributed by atoms with van der Waals surface area (Å²) in [6.45, 7) is 1.73. The van der Waals surface area contributed by atoms with E-state index < -0.39 is 41.2 Å². The second kappa shape index (κ2) is 9.20. The molecule has 6 nitrogen and oxygen atoms in total. The summed E-state index contributed by atoms with van der Waals surface area (Å²) in [5, 5.41) is 9.79. The Morgan fingerprint density at radius 3 is 2.38 bits per heavy atom. The number of hydrogen-bond acceptors (Lipinski definition) is 3. The van der Waals surface area contributed by atoms with Gasteiger partial charge in [0, 0.05) is 17.2 Å². The molecule has 0 spiro atoms. The average molecular weight is 508 g/mol. The molecular formula is C27H20F4N4O2. The van der Waals surface area contributed by atoms with Crippen LogP contribution in [0.2, 0.25) is 0 Å². The second-order valence-electron chi connectivity index (χ2n) is 8.66. The molecule has 2 N–H and O–H groups in total. The zero-order chi connectivity index (χ0) is 26.3. The van der Waals surface area contributed by atoms with E-state index in [1.54, 1.807) is 23.7 Å². The molecular weight excluding hydrogens is 488 g/mol. The minimum absolute atomic E-state index is 0.104. The molecule has 3 aromatic carbocycles. The number of hydrogen-bond donors (Lipinski definition) is 2. The number of carbonyl (C=O) groups excluding carboxylic acids is 2. The maximum Gasteiger partial charge on any atom is 0.416 e. The molecule has 2 amide bonds. The van der Waals surface area contributed by atoms with Gasteiger partial charge in [-0.15, -0.1) is 0 Å². The van der Waals surface area contributed by atoms with Gasteiger partial charge in [-0.1, -0.05) is 36.4 Å². The highest BCUT2D eigenvalue weighted by Gasteiger charge is 2.45. The number of nitrogens with one attached hydrogen (secondary N) is 2. The molecule has 0 saturated heterocycles. The maximum absolute atomic E-state index is 13.7. The van der Waals surface area contributed by atoms with Gasteiger partial charge in [0.05, 0.1) is 16.9 Å². The molecule has 1 aliphatic heterocycles. The molecule has 1 aliphatic rings. The van der Waals surface area contributed by atoms with E-state index in [1.165, 1.54) is 36.4 Å². The highest BCUT2D eigenvalue weighted by atomic mass is 19.4. The van der Waals surface area contributed by atoms with Gasteiger partial charge in [-0.3, -0.25) is 9.59 Å². The summed E-state index contributed by atoms with van der Waals surface area (Å²) in [6.07, 6.45) is -4.60. The molecule has 10 heteroatoms. The number of benzene rings is 3. The predicted octanol–water partition coefficient (Wildman–Crippen LogP) is 5.68. The molecule has 0 saturated carbocycles. The number of anilines is 2. The van der Waals surface area contributed by atoms with Crippen LogP contribution in [0.25, 0.3) is 5.69 Å². The summed E-state index contributed by atoms with van der Waals surface area (Å²) in [7, 11) is 0. The minimum atomic E-state index is -4.60. The van der Waals surface area contributed by atoms with Crippen molar-refractivity contribution in [3.8, 4) is 5.69 Å². The number of fused-ring (bicyclic) bond motifs is 1. The summed E-state index contributed by atoms with van der Waals surface area (Å²) >= 11 is 0. The van der Waals surface area contributed by atoms with Gasteiger partial charge in [-0.2, -0.15) is 18.3 Å². The Hall–Kier alpha value is -4.47. The first-order valence-corrected chi connectivity index (χ1v) is 11.3. The lowest BCUT2D eigenvalue weighted by molar-refractivity contribution is -0.137. The Balaban J connectivity index is 1.60. The van der Waals surface area contributed by atoms with E-state index in [-0.39, 0.29) is 5.69 Å². The van der Waals surface area contributed by atoms with Crippen molar-refractivity contribution < 1.29 is 27.2 Å². The smallest absolute Gasteiger partial charge is 0.325 e. The lowest BCUT2D eigenvalue weighted by Gasteiger charge is -2.31. The Morgan fingerprint density at radius 2 is 1.70 bits per heavy atom. The third-order valence-corrected chi connectivity index (χ3v) is 6.24. The van der Waals surface area contributed by atoms with Crippen LogP contribution >= 0.6 is 0 Å².